The lowest BCUT2D eigenvalue weighted by Crippen LogP contribution is -2.22. The Morgan fingerprint density at radius 1 is 1.25 bits per heavy atom. The summed E-state index contributed by atoms with van der Waals surface area (Å²) >= 11 is 16.6. The molecule has 6 heteroatoms. The van der Waals surface area contributed by atoms with Gasteiger partial charge in [-0.05, 0) is 29.5 Å². The first-order chi connectivity index (χ1) is 8.99. The number of anilines is 1. The second-order valence-electron chi connectivity index (χ2n) is 5.60. The van der Waals surface area contributed by atoms with E-state index in [1.54, 1.807) is 0 Å². The molecule has 0 spiro atoms. The van der Waals surface area contributed by atoms with Gasteiger partial charge in [0.05, 0.1) is 0 Å². The summed E-state index contributed by atoms with van der Waals surface area (Å²) in [6.07, 6.45) is -0.648. The molecule has 0 atom stereocenters. The minimum absolute atomic E-state index is 0.00833. The molecule has 0 fully saturated rings. The number of alkyl halides is 3. The van der Waals surface area contributed by atoms with Gasteiger partial charge in [-0.15, -0.1) is 0 Å². The molecule has 3 nitrogen and oxygen atoms in total. The van der Waals surface area contributed by atoms with E-state index in [1.807, 2.05) is 25.1 Å². The highest BCUT2D eigenvalue weighted by atomic mass is 35.6. The van der Waals surface area contributed by atoms with Crippen LogP contribution in [0.1, 0.15) is 31.9 Å². The molecule has 0 aliphatic rings. The maximum atomic E-state index is 11.7. The summed E-state index contributed by atoms with van der Waals surface area (Å²) < 4.78 is 3.23. The second kappa shape index (κ2) is 6.42. The van der Waals surface area contributed by atoms with E-state index < -0.39 is 9.89 Å². The predicted octanol–water partition coefficient (Wildman–Crippen LogP) is 5.21. The fourth-order valence-electron chi connectivity index (χ4n) is 1.52. The summed E-state index contributed by atoms with van der Waals surface area (Å²) in [5.41, 5.74) is 2.72. The van der Waals surface area contributed by atoms with Crippen LogP contribution in [0.5, 0.6) is 0 Å². The molecule has 0 aliphatic heterocycles. The number of carbonyl (C=O) groups excluding carboxylic acids is 1. The van der Waals surface area contributed by atoms with Crippen molar-refractivity contribution in [1.29, 1.82) is 0 Å². The number of benzene rings is 1. The van der Waals surface area contributed by atoms with Crippen molar-refractivity contribution < 1.29 is 9.53 Å². The summed E-state index contributed by atoms with van der Waals surface area (Å²) in [5.74, 6) is 0. The molecule has 0 saturated heterocycles. The zero-order valence-electron chi connectivity index (χ0n) is 11.9. The molecule has 112 valence electrons. The lowest BCUT2D eigenvalue weighted by Gasteiger charge is -2.21. The average molecular weight is 339 g/mol. The van der Waals surface area contributed by atoms with Crippen molar-refractivity contribution >= 4 is 46.6 Å². The molecule has 1 aromatic carbocycles. The molecular formula is C14H18Cl3NO2. The molecule has 1 aromatic rings. The Balaban J connectivity index is 2.79. The lowest BCUT2D eigenvalue weighted by molar-refractivity contribution is 0.164. The molecule has 0 aliphatic carbocycles. The van der Waals surface area contributed by atoms with Crippen LogP contribution in [-0.4, -0.2) is 16.5 Å². The van der Waals surface area contributed by atoms with Crippen molar-refractivity contribution in [3.63, 3.8) is 0 Å². The Labute approximate surface area is 134 Å². The maximum absolute atomic E-state index is 11.7. The summed E-state index contributed by atoms with van der Waals surface area (Å²) in [5, 5.41) is 2.66. The molecule has 0 saturated carbocycles. The number of halogens is 3. The van der Waals surface area contributed by atoms with Gasteiger partial charge in [0.1, 0.15) is 6.61 Å². The van der Waals surface area contributed by atoms with Crippen LogP contribution in [0.2, 0.25) is 0 Å². The molecule has 1 amide bonds. The number of aryl methyl sites for hydroxylation is 1. The predicted molar refractivity (Wildman–Crippen MR) is 85.1 cm³/mol. The van der Waals surface area contributed by atoms with Crippen molar-refractivity contribution in [3.8, 4) is 0 Å². The van der Waals surface area contributed by atoms with Gasteiger partial charge in [-0.2, -0.15) is 0 Å². The fraction of sp³-hybridized carbons (Fsp3) is 0.500. The molecule has 20 heavy (non-hydrogen) atoms. The number of hydrogen-bond donors (Lipinski definition) is 1. The summed E-state index contributed by atoms with van der Waals surface area (Å²) in [4.78, 5) is 11.7. The van der Waals surface area contributed by atoms with Gasteiger partial charge in [-0.1, -0.05) is 67.7 Å². The average Bonchev–Trinajstić information content (AvgIpc) is 2.27. The summed E-state index contributed by atoms with van der Waals surface area (Å²) in [6.45, 7) is 7.90. The van der Waals surface area contributed by atoms with Gasteiger partial charge in [0.25, 0.3) is 0 Å². The van der Waals surface area contributed by atoms with Crippen LogP contribution in [0, 0.1) is 6.92 Å². The minimum Gasteiger partial charge on any atom is -0.445 e. The highest BCUT2D eigenvalue weighted by molar-refractivity contribution is 6.67. The Kier molecular flexibility index (Phi) is 5.59. The molecule has 1 N–H and O–H groups in total. The first-order valence-electron chi connectivity index (χ1n) is 6.11. The molecule has 0 unspecified atom stereocenters. The van der Waals surface area contributed by atoms with Gasteiger partial charge >= 0.3 is 6.09 Å². The lowest BCUT2D eigenvalue weighted by atomic mass is 9.86. The van der Waals surface area contributed by atoms with Crippen molar-refractivity contribution in [2.75, 3.05) is 11.9 Å². The maximum Gasteiger partial charge on any atom is 0.411 e. The monoisotopic (exact) mass is 337 g/mol. The van der Waals surface area contributed by atoms with Crippen LogP contribution in [0.3, 0.4) is 0 Å². The smallest absolute Gasteiger partial charge is 0.411 e. The Morgan fingerprint density at radius 2 is 1.85 bits per heavy atom. The minimum atomic E-state index is -1.61. The van der Waals surface area contributed by atoms with Crippen molar-refractivity contribution in [1.82, 2.24) is 0 Å². The van der Waals surface area contributed by atoms with Gasteiger partial charge in [0, 0.05) is 5.69 Å². The molecule has 0 aromatic heterocycles. The van der Waals surface area contributed by atoms with E-state index in [1.165, 1.54) is 0 Å². The first-order valence-corrected chi connectivity index (χ1v) is 7.24. The Hall–Kier alpha value is -0.640. The highest BCUT2D eigenvalue weighted by Crippen LogP contribution is 2.28. The molecule has 0 heterocycles. The van der Waals surface area contributed by atoms with Gasteiger partial charge in [0.2, 0.25) is 3.79 Å². The van der Waals surface area contributed by atoms with Crippen LogP contribution in [0.25, 0.3) is 0 Å². The zero-order chi connectivity index (χ0) is 15.6. The zero-order valence-corrected chi connectivity index (χ0v) is 14.2. The number of rotatable bonds is 2. The summed E-state index contributed by atoms with van der Waals surface area (Å²) in [6, 6.07) is 5.91. The van der Waals surface area contributed by atoms with Crippen molar-refractivity contribution in [2.45, 2.75) is 36.9 Å². The van der Waals surface area contributed by atoms with Crippen LogP contribution in [-0.2, 0) is 10.2 Å². The van der Waals surface area contributed by atoms with E-state index in [0.717, 1.165) is 11.1 Å². The van der Waals surface area contributed by atoms with E-state index in [4.69, 9.17) is 39.5 Å². The van der Waals surface area contributed by atoms with E-state index in [-0.39, 0.29) is 12.0 Å². The standard InChI is InChI=1S/C14H18Cl3NO2/c1-9-5-6-10(13(2,3)4)7-11(9)18-12(19)20-8-14(15,16)17/h5-7H,8H2,1-4H3,(H,18,19). The largest absolute Gasteiger partial charge is 0.445 e. The Morgan fingerprint density at radius 3 is 2.35 bits per heavy atom. The van der Waals surface area contributed by atoms with Crippen molar-refractivity contribution in [2.24, 2.45) is 0 Å². The third kappa shape index (κ3) is 5.78. The van der Waals surface area contributed by atoms with Crippen molar-refractivity contribution in [3.05, 3.63) is 29.3 Å². The first kappa shape index (κ1) is 17.4. The van der Waals surface area contributed by atoms with Gasteiger partial charge in [-0.3, -0.25) is 5.32 Å². The topological polar surface area (TPSA) is 38.3 Å². The number of amides is 1. The van der Waals surface area contributed by atoms with Gasteiger partial charge < -0.3 is 4.74 Å². The van der Waals surface area contributed by atoms with Gasteiger partial charge in [0.15, 0.2) is 0 Å². The highest BCUT2D eigenvalue weighted by Gasteiger charge is 2.22. The molecular weight excluding hydrogens is 321 g/mol. The Bertz CT molecular complexity index is 490. The normalized spacial score (nSPS) is 12.2. The SMILES string of the molecule is Cc1ccc(C(C)(C)C)cc1NC(=O)OCC(Cl)(Cl)Cl. The van der Waals surface area contributed by atoms with Crippen LogP contribution in [0.15, 0.2) is 18.2 Å². The van der Waals surface area contributed by atoms with E-state index >= 15 is 0 Å². The van der Waals surface area contributed by atoms with E-state index in [0.29, 0.717) is 5.69 Å². The quantitative estimate of drug-likeness (QED) is 0.752. The third-order valence-electron chi connectivity index (χ3n) is 2.71. The van der Waals surface area contributed by atoms with Gasteiger partial charge in [-0.25, -0.2) is 4.79 Å². The molecule has 1 rings (SSSR count). The van der Waals surface area contributed by atoms with E-state index in [9.17, 15) is 4.79 Å². The third-order valence-corrected chi connectivity index (χ3v) is 3.03. The number of nitrogens with one attached hydrogen (secondary N) is 1. The summed E-state index contributed by atoms with van der Waals surface area (Å²) in [7, 11) is 0. The molecule has 0 bridgehead atoms. The van der Waals surface area contributed by atoms with Crippen LogP contribution < -0.4 is 5.32 Å². The fourth-order valence-corrected chi connectivity index (χ4v) is 1.68. The van der Waals surface area contributed by atoms with E-state index in [2.05, 4.69) is 26.1 Å². The van der Waals surface area contributed by atoms with Crippen LogP contribution in [0.4, 0.5) is 10.5 Å². The number of carbonyl (C=O) groups is 1. The number of ether oxygens (including phenoxy) is 1. The molecule has 0 radical (unpaired) electrons. The number of hydrogen-bond acceptors (Lipinski definition) is 2. The second-order valence-corrected chi connectivity index (χ2v) is 8.11. The van der Waals surface area contributed by atoms with Crippen LogP contribution >= 0.6 is 34.8 Å².